The molecule has 3 N–H and O–H groups in total. The van der Waals surface area contributed by atoms with Crippen LogP contribution in [0.1, 0.15) is 25.5 Å². The van der Waals surface area contributed by atoms with Gasteiger partial charge in [0.05, 0.1) is 10.7 Å². The van der Waals surface area contributed by atoms with Crippen LogP contribution >= 0.6 is 24.0 Å². The van der Waals surface area contributed by atoms with Crippen LogP contribution in [-0.4, -0.2) is 29.1 Å². The van der Waals surface area contributed by atoms with Gasteiger partial charge in [0.2, 0.25) is 0 Å². The van der Waals surface area contributed by atoms with Crippen LogP contribution < -0.4 is 11.1 Å². The zero-order chi connectivity index (χ0) is 11.8. The molecule has 98 valence electrons. The van der Waals surface area contributed by atoms with Crippen molar-refractivity contribution in [3.05, 3.63) is 23.2 Å². The molecule has 0 unspecified atom stereocenters. The van der Waals surface area contributed by atoms with Crippen molar-refractivity contribution in [1.29, 1.82) is 0 Å². The summed E-state index contributed by atoms with van der Waals surface area (Å²) >= 11 is 5.70. The van der Waals surface area contributed by atoms with Gasteiger partial charge in [-0.2, -0.15) is 0 Å². The summed E-state index contributed by atoms with van der Waals surface area (Å²) in [6, 6.07) is 0.473. The van der Waals surface area contributed by atoms with Gasteiger partial charge in [0, 0.05) is 12.2 Å². The van der Waals surface area contributed by atoms with Gasteiger partial charge in [-0.15, -0.1) is 12.4 Å². The molecule has 0 saturated carbocycles. The molecular formula is C11H20Cl2N4. The molecule has 1 aromatic heterocycles. The Morgan fingerprint density at radius 2 is 2.12 bits per heavy atom. The van der Waals surface area contributed by atoms with E-state index in [1.165, 1.54) is 6.33 Å². The van der Waals surface area contributed by atoms with E-state index in [-0.39, 0.29) is 12.4 Å². The second-order valence-corrected chi connectivity index (χ2v) is 4.17. The summed E-state index contributed by atoms with van der Waals surface area (Å²) in [5, 5.41) is 3.89. The molecule has 0 radical (unpaired) electrons. The van der Waals surface area contributed by atoms with E-state index in [4.69, 9.17) is 17.3 Å². The van der Waals surface area contributed by atoms with Crippen molar-refractivity contribution in [1.82, 2.24) is 15.3 Å². The lowest BCUT2D eigenvalue weighted by Gasteiger charge is -2.17. The van der Waals surface area contributed by atoms with Crippen molar-refractivity contribution >= 4 is 24.0 Å². The van der Waals surface area contributed by atoms with Crippen LogP contribution in [0, 0.1) is 0 Å². The number of nitrogens with one attached hydrogen (secondary N) is 1. The number of rotatable bonds is 1. The first-order valence-electron chi connectivity index (χ1n) is 5.64. The molecule has 6 heteroatoms. The predicted octanol–water partition coefficient (Wildman–Crippen LogP) is 1.81. The Bertz CT molecular complexity index is 303. The predicted molar refractivity (Wildman–Crippen MR) is 73.7 cm³/mol. The van der Waals surface area contributed by atoms with Crippen LogP contribution in [0.15, 0.2) is 12.5 Å². The molecule has 0 bridgehead atoms. The number of nitrogens with zero attached hydrogens (tertiary/aromatic N) is 2. The fourth-order valence-corrected chi connectivity index (χ4v) is 1.68. The summed E-state index contributed by atoms with van der Waals surface area (Å²) < 4.78 is 0. The van der Waals surface area contributed by atoms with E-state index in [0.717, 1.165) is 38.0 Å². The monoisotopic (exact) mass is 278 g/mol. The molecule has 1 fully saturated rings. The van der Waals surface area contributed by atoms with Gasteiger partial charge in [-0.25, -0.2) is 9.97 Å². The lowest BCUT2D eigenvalue weighted by molar-refractivity contribution is 0.458. The highest BCUT2D eigenvalue weighted by atomic mass is 35.5. The molecule has 0 aliphatic carbocycles. The summed E-state index contributed by atoms with van der Waals surface area (Å²) in [7, 11) is 0. The largest absolute Gasteiger partial charge is 0.328 e. The Labute approximate surface area is 114 Å². The second-order valence-electron chi connectivity index (χ2n) is 3.76. The fraction of sp³-hybridized carbons (Fsp3) is 0.636. The molecule has 2 heterocycles. The lowest BCUT2D eigenvalue weighted by Crippen LogP contribution is -2.35. The Balaban J connectivity index is 0.000000292. The van der Waals surface area contributed by atoms with E-state index in [2.05, 4.69) is 15.3 Å². The van der Waals surface area contributed by atoms with Crippen LogP contribution in [0.5, 0.6) is 0 Å². The minimum atomic E-state index is 0. The van der Waals surface area contributed by atoms with E-state index in [1.807, 2.05) is 6.92 Å². The Kier molecular flexibility index (Phi) is 9.36. The van der Waals surface area contributed by atoms with Gasteiger partial charge in [0.25, 0.3) is 0 Å². The van der Waals surface area contributed by atoms with Gasteiger partial charge < -0.3 is 11.1 Å². The van der Waals surface area contributed by atoms with Crippen LogP contribution in [0.3, 0.4) is 0 Å². The van der Waals surface area contributed by atoms with E-state index < -0.39 is 0 Å². The Morgan fingerprint density at radius 3 is 2.47 bits per heavy atom. The summed E-state index contributed by atoms with van der Waals surface area (Å²) in [5.74, 6) is 0. The van der Waals surface area contributed by atoms with Gasteiger partial charge in [0.15, 0.2) is 0 Å². The highest BCUT2D eigenvalue weighted by Crippen LogP contribution is 2.09. The van der Waals surface area contributed by atoms with Gasteiger partial charge >= 0.3 is 0 Å². The topological polar surface area (TPSA) is 63.8 Å². The van der Waals surface area contributed by atoms with E-state index >= 15 is 0 Å². The maximum Gasteiger partial charge on any atom is 0.115 e. The molecule has 1 aliphatic rings. The lowest BCUT2D eigenvalue weighted by atomic mass is 10.1. The zero-order valence-electron chi connectivity index (χ0n) is 10.0. The SMILES string of the molecule is CCc1ncncc1Cl.Cl.NC1CCNCC1. The number of piperidine rings is 1. The van der Waals surface area contributed by atoms with Gasteiger partial charge in [0.1, 0.15) is 6.33 Å². The number of halogens is 2. The third-order valence-corrected chi connectivity index (χ3v) is 2.78. The van der Waals surface area contributed by atoms with Gasteiger partial charge in [-0.3, -0.25) is 0 Å². The molecule has 4 nitrogen and oxygen atoms in total. The first kappa shape index (κ1) is 16.6. The Morgan fingerprint density at radius 1 is 1.47 bits per heavy atom. The van der Waals surface area contributed by atoms with E-state index in [0.29, 0.717) is 11.1 Å². The normalized spacial score (nSPS) is 15.5. The smallest absolute Gasteiger partial charge is 0.115 e. The minimum absolute atomic E-state index is 0. The molecule has 0 amide bonds. The van der Waals surface area contributed by atoms with Crippen molar-refractivity contribution in [2.75, 3.05) is 13.1 Å². The van der Waals surface area contributed by atoms with E-state index in [1.54, 1.807) is 6.20 Å². The minimum Gasteiger partial charge on any atom is -0.328 e. The number of hydrogen-bond donors (Lipinski definition) is 2. The van der Waals surface area contributed by atoms with Gasteiger partial charge in [-0.05, 0) is 32.4 Å². The molecule has 0 spiro atoms. The van der Waals surface area contributed by atoms with Crippen LogP contribution in [-0.2, 0) is 6.42 Å². The summed E-state index contributed by atoms with van der Waals surface area (Å²) in [6.07, 6.45) is 6.28. The molecule has 17 heavy (non-hydrogen) atoms. The second kappa shape index (κ2) is 9.59. The quantitative estimate of drug-likeness (QED) is 0.823. The average molecular weight is 279 g/mol. The fourth-order valence-electron chi connectivity index (χ4n) is 1.44. The average Bonchev–Trinajstić information content (AvgIpc) is 2.31. The summed E-state index contributed by atoms with van der Waals surface area (Å²) in [6.45, 7) is 4.23. The molecule has 2 rings (SSSR count). The van der Waals surface area contributed by atoms with Crippen molar-refractivity contribution < 1.29 is 0 Å². The van der Waals surface area contributed by atoms with Crippen molar-refractivity contribution in [2.45, 2.75) is 32.2 Å². The number of aryl methyl sites for hydroxylation is 1. The zero-order valence-corrected chi connectivity index (χ0v) is 11.6. The highest BCUT2D eigenvalue weighted by molar-refractivity contribution is 6.31. The highest BCUT2D eigenvalue weighted by Gasteiger charge is 2.05. The molecule has 1 aliphatic heterocycles. The van der Waals surface area contributed by atoms with Crippen molar-refractivity contribution in [2.24, 2.45) is 5.73 Å². The van der Waals surface area contributed by atoms with Crippen molar-refractivity contribution in [3.63, 3.8) is 0 Å². The van der Waals surface area contributed by atoms with Crippen LogP contribution in [0.25, 0.3) is 0 Å². The van der Waals surface area contributed by atoms with Crippen LogP contribution in [0.4, 0.5) is 0 Å². The third-order valence-electron chi connectivity index (χ3n) is 2.46. The number of nitrogens with two attached hydrogens (primary N) is 1. The van der Waals surface area contributed by atoms with E-state index in [9.17, 15) is 0 Å². The molecule has 1 aromatic rings. The standard InChI is InChI=1S/C6H7ClN2.C5H12N2.ClH/c1-2-6-5(7)3-8-4-9-6;6-5-1-3-7-4-2-5;/h3-4H,2H2,1H3;5,7H,1-4,6H2;1H. The van der Waals surface area contributed by atoms with Crippen LogP contribution in [0.2, 0.25) is 5.02 Å². The number of hydrogen-bond acceptors (Lipinski definition) is 4. The summed E-state index contributed by atoms with van der Waals surface area (Å²) in [5.41, 5.74) is 6.50. The Hall–Kier alpha value is -0.420. The first-order chi connectivity index (χ1) is 7.74. The third kappa shape index (κ3) is 6.78. The maximum absolute atomic E-state index is 5.70. The molecule has 0 atom stereocenters. The molecule has 1 saturated heterocycles. The molecular weight excluding hydrogens is 259 g/mol. The number of aromatic nitrogens is 2. The molecule has 0 aromatic carbocycles. The maximum atomic E-state index is 5.70. The first-order valence-corrected chi connectivity index (χ1v) is 6.02. The van der Waals surface area contributed by atoms with Gasteiger partial charge in [-0.1, -0.05) is 18.5 Å². The van der Waals surface area contributed by atoms with Crippen molar-refractivity contribution in [3.8, 4) is 0 Å². The summed E-state index contributed by atoms with van der Waals surface area (Å²) in [4.78, 5) is 7.70.